The van der Waals surface area contributed by atoms with E-state index in [2.05, 4.69) is 16.4 Å². The zero-order valence-corrected chi connectivity index (χ0v) is 11.5. The number of nitrogens with zero attached hydrogens (tertiary/aromatic N) is 2. The average Bonchev–Trinajstić information content (AvgIpc) is 2.46. The number of pyridine rings is 1. The summed E-state index contributed by atoms with van der Waals surface area (Å²) in [5, 5.41) is 12.1. The summed E-state index contributed by atoms with van der Waals surface area (Å²) in [6.07, 6.45) is 3.18. The third-order valence-electron chi connectivity index (χ3n) is 2.95. The van der Waals surface area contributed by atoms with Crippen molar-refractivity contribution < 1.29 is 4.39 Å². The van der Waals surface area contributed by atoms with Crippen molar-refractivity contribution in [3.05, 3.63) is 53.6 Å². The summed E-state index contributed by atoms with van der Waals surface area (Å²) in [6, 6.07) is 9.04. The second-order valence-corrected chi connectivity index (χ2v) is 4.92. The molecule has 1 heterocycles. The van der Waals surface area contributed by atoms with Crippen LogP contribution in [0.1, 0.15) is 25.0 Å². The van der Waals surface area contributed by atoms with Crippen LogP contribution in [0.2, 0.25) is 0 Å². The minimum atomic E-state index is -0.230. The molecular formula is C16H16FN3. The van der Waals surface area contributed by atoms with E-state index in [1.165, 1.54) is 12.3 Å². The summed E-state index contributed by atoms with van der Waals surface area (Å²) in [6.45, 7) is 4.51. The fourth-order valence-electron chi connectivity index (χ4n) is 1.86. The molecule has 0 spiro atoms. The Morgan fingerprint density at radius 2 is 2.05 bits per heavy atom. The van der Waals surface area contributed by atoms with E-state index in [0.717, 1.165) is 11.1 Å². The molecule has 0 aliphatic heterocycles. The van der Waals surface area contributed by atoms with E-state index in [1.54, 1.807) is 24.4 Å². The molecule has 0 aliphatic rings. The highest BCUT2D eigenvalue weighted by Crippen LogP contribution is 2.22. The van der Waals surface area contributed by atoms with Crippen LogP contribution >= 0.6 is 0 Å². The SMILES string of the molecule is CC(C)NCc1cc(-c2cncc(C#N)c2)ccc1F. The van der Waals surface area contributed by atoms with Crippen LogP contribution < -0.4 is 5.32 Å². The van der Waals surface area contributed by atoms with E-state index >= 15 is 0 Å². The summed E-state index contributed by atoms with van der Waals surface area (Å²) in [4.78, 5) is 4.03. The van der Waals surface area contributed by atoms with Crippen molar-refractivity contribution in [3.63, 3.8) is 0 Å². The van der Waals surface area contributed by atoms with E-state index in [4.69, 9.17) is 5.26 Å². The van der Waals surface area contributed by atoms with Gasteiger partial charge in [-0.25, -0.2) is 4.39 Å². The standard InChI is InChI=1S/C16H16FN3/c1-11(2)20-10-15-6-13(3-4-16(15)17)14-5-12(7-18)8-19-9-14/h3-6,8-9,11,20H,10H2,1-2H3. The first-order valence-electron chi connectivity index (χ1n) is 6.47. The largest absolute Gasteiger partial charge is 0.310 e. The van der Waals surface area contributed by atoms with Crippen molar-refractivity contribution in [2.75, 3.05) is 0 Å². The molecule has 0 saturated heterocycles. The van der Waals surface area contributed by atoms with Crippen LogP contribution in [0.3, 0.4) is 0 Å². The summed E-state index contributed by atoms with van der Waals surface area (Å²) in [5.41, 5.74) is 2.78. The van der Waals surface area contributed by atoms with Crippen molar-refractivity contribution in [1.29, 1.82) is 5.26 Å². The van der Waals surface area contributed by atoms with Gasteiger partial charge in [-0.3, -0.25) is 4.98 Å². The fourth-order valence-corrected chi connectivity index (χ4v) is 1.86. The highest BCUT2D eigenvalue weighted by molar-refractivity contribution is 5.64. The molecule has 1 aromatic carbocycles. The summed E-state index contributed by atoms with van der Waals surface area (Å²) < 4.78 is 13.8. The first kappa shape index (κ1) is 14.2. The third kappa shape index (κ3) is 3.40. The maximum Gasteiger partial charge on any atom is 0.127 e. The molecule has 2 rings (SSSR count). The maximum absolute atomic E-state index is 13.8. The van der Waals surface area contributed by atoms with Gasteiger partial charge in [0.05, 0.1) is 5.56 Å². The van der Waals surface area contributed by atoms with Crippen molar-refractivity contribution in [2.45, 2.75) is 26.4 Å². The number of hydrogen-bond donors (Lipinski definition) is 1. The molecule has 102 valence electrons. The van der Waals surface area contributed by atoms with Gasteiger partial charge in [-0.2, -0.15) is 5.26 Å². The van der Waals surface area contributed by atoms with Crippen molar-refractivity contribution >= 4 is 0 Å². The molecule has 2 aromatic rings. The molecule has 0 bridgehead atoms. The quantitative estimate of drug-likeness (QED) is 0.926. The van der Waals surface area contributed by atoms with Gasteiger partial charge in [0.1, 0.15) is 11.9 Å². The van der Waals surface area contributed by atoms with Crippen molar-refractivity contribution in [3.8, 4) is 17.2 Å². The third-order valence-corrected chi connectivity index (χ3v) is 2.95. The minimum absolute atomic E-state index is 0.230. The zero-order chi connectivity index (χ0) is 14.5. The van der Waals surface area contributed by atoms with Crippen LogP contribution in [0.4, 0.5) is 4.39 Å². The summed E-state index contributed by atoms with van der Waals surface area (Å²) >= 11 is 0. The Kier molecular flexibility index (Phi) is 4.44. The Hall–Kier alpha value is -2.25. The second-order valence-electron chi connectivity index (χ2n) is 4.92. The van der Waals surface area contributed by atoms with Crippen LogP contribution in [0.15, 0.2) is 36.7 Å². The zero-order valence-electron chi connectivity index (χ0n) is 11.5. The highest BCUT2D eigenvalue weighted by atomic mass is 19.1. The Morgan fingerprint density at radius 1 is 1.25 bits per heavy atom. The lowest BCUT2D eigenvalue weighted by Gasteiger charge is -2.10. The van der Waals surface area contributed by atoms with Gasteiger partial charge in [-0.05, 0) is 23.8 Å². The number of nitriles is 1. The number of rotatable bonds is 4. The molecule has 0 saturated carbocycles. The Balaban J connectivity index is 2.33. The Morgan fingerprint density at radius 3 is 2.75 bits per heavy atom. The molecule has 0 amide bonds. The molecule has 0 radical (unpaired) electrons. The number of halogens is 1. The first-order chi connectivity index (χ1) is 9.60. The first-order valence-corrected chi connectivity index (χ1v) is 6.47. The van der Waals surface area contributed by atoms with Gasteiger partial charge in [0.2, 0.25) is 0 Å². The van der Waals surface area contributed by atoms with E-state index in [9.17, 15) is 4.39 Å². The highest BCUT2D eigenvalue weighted by Gasteiger charge is 2.07. The number of hydrogen-bond acceptors (Lipinski definition) is 3. The van der Waals surface area contributed by atoms with Gasteiger partial charge in [-0.15, -0.1) is 0 Å². The lowest BCUT2D eigenvalue weighted by molar-refractivity contribution is 0.553. The number of nitrogens with one attached hydrogen (secondary N) is 1. The molecule has 1 aromatic heterocycles. The van der Waals surface area contributed by atoms with Crippen LogP contribution in [-0.2, 0) is 6.54 Å². The molecule has 20 heavy (non-hydrogen) atoms. The van der Waals surface area contributed by atoms with Crippen LogP contribution in [0.25, 0.3) is 11.1 Å². The molecular weight excluding hydrogens is 253 g/mol. The molecule has 3 nitrogen and oxygen atoms in total. The Labute approximate surface area is 118 Å². The summed E-state index contributed by atoms with van der Waals surface area (Å²) in [7, 11) is 0. The van der Waals surface area contributed by atoms with Gasteiger partial charge in [0.25, 0.3) is 0 Å². The monoisotopic (exact) mass is 269 g/mol. The van der Waals surface area contributed by atoms with Crippen LogP contribution in [0, 0.1) is 17.1 Å². The molecule has 0 unspecified atom stereocenters. The van der Waals surface area contributed by atoms with E-state index in [0.29, 0.717) is 23.7 Å². The molecule has 0 fully saturated rings. The van der Waals surface area contributed by atoms with Crippen LogP contribution in [-0.4, -0.2) is 11.0 Å². The number of benzene rings is 1. The van der Waals surface area contributed by atoms with Crippen LogP contribution in [0.5, 0.6) is 0 Å². The fraction of sp³-hybridized carbons (Fsp3) is 0.250. The molecule has 1 N–H and O–H groups in total. The van der Waals surface area contributed by atoms with E-state index in [1.807, 2.05) is 13.8 Å². The van der Waals surface area contributed by atoms with Crippen molar-refractivity contribution in [1.82, 2.24) is 10.3 Å². The second kappa shape index (κ2) is 6.27. The predicted octanol–water partition coefficient (Wildman–Crippen LogP) is 3.26. The van der Waals surface area contributed by atoms with Gasteiger partial charge in [0, 0.05) is 36.1 Å². The average molecular weight is 269 g/mol. The molecule has 0 atom stereocenters. The van der Waals surface area contributed by atoms with Gasteiger partial charge in [-0.1, -0.05) is 19.9 Å². The minimum Gasteiger partial charge on any atom is -0.310 e. The molecule has 0 aliphatic carbocycles. The number of aromatic nitrogens is 1. The Bertz CT molecular complexity index is 644. The van der Waals surface area contributed by atoms with E-state index in [-0.39, 0.29) is 5.82 Å². The topological polar surface area (TPSA) is 48.7 Å². The normalized spacial score (nSPS) is 10.6. The van der Waals surface area contributed by atoms with E-state index < -0.39 is 0 Å². The predicted molar refractivity (Wildman–Crippen MR) is 76.3 cm³/mol. The lowest BCUT2D eigenvalue weighted by atomic mass is 10.0. The van der Waals surface area contributed by atoms with Gasteiger partial charge in [0.15, 0.2) is 0 Å². The lowest BCUT2D eigenvalue weighted by Crippen LogP contribution is -2.22. The smallest absolute Gasteiger partial charge is 0.127 e. The van der Waals surface area contributed by atoms with Gasteiger partial charge < -0.3 is 5.32 Å². The molecule has 4 heteroatoms. The maximum atomic E-state index is 13.8. The van der Waals surface area contributed by atoms with Gasteiger partial charge >= 0.3 is 0 Å². The summed E-state index contributed by atoms with van der Waals surface area (Å²) in [5.74, 6) is -0.230. The van der Waals surface area contributed by atoms with Crippen molar-refractivity contribution in [2.24, 2.45) is 0 Å².